The van der Waals surface area contributed by atoms with Crippen molar-refractivity contribution in [3.8, 4) is 5.75 Å². The van der Waals surface area contributed by atoms with Crippen LogP contribution in [0.4, 0.5) is 5.69 Å². The highest BCUT2D eigenvalue weighted by Gasteiger charge is 2.15. The Hall–Kier alpha value is -2.47. The molecule has 0 saturated heterocycles. The lowest BCUT2D eigenvalue weighted by Crippen LogP contribution is -2.04. The Kier molecular flexibility index (Phi) is 4.62. The van der Waals surface area contributed by atoms with Gasteiger partial charge in [0.2, 0.25) is 0 Å². The normalized spacial score (nSPS) is 10.2. The van der Waals surface area contributed by atoms with E-state index in [1.807, 2.05) is 12.1 Å². The van der Waals surface area contributed by atoms with E-state index in [0.29, 0.717) is 18.6 Å². The highest BCUT2D eigenvalue weighted by atomic mass is 16.6. The summed E-state index contributed by atoms with van der Waals surface area (Å²) >= 11 is 0. The highest BCUT2D eigenvalue weighted by molar-refractivity contribution is 5.48. The van der Waals surface area contributed by atoms with Crippen molar-refractivity contribution in [2.24, 2.45) is 0 Å². The summed E-state index contributed by atoms with van der Waals surface area (Å²) < 4.78 is 5.47. The summed E-state index contributed by atoms with van der Waals surface area (Å²) in [6.07, 6.45) is 4.00. The van der Waals surface area contributed by atoms with Crippen LogP contribution < -0.4 is 4.74 Å². The van der Waals surface area contributed by atoms with Gasteiger partial charge in [0.15, 0.2) is 5.75 Å². The maximum absolute atomic E-state index is 10.9. The Labute approximate surface area is 115 Å². The van der Waals surface area contributed by atoms with Crippen LogP contribution in [0.1, 0.15) is 11.1 Å². The van der Waals surface area contributed by atoms with Crippen molar-refractivity contribution < 1.29 is 14.8 Å². The van der Waals surface area contributed by atoms with E-state index >= 15 is 0 Å². The molecule has 1 N–H and O–H groups in total. The van der Waals surface area contributed by atoms with Gasteiger partial charge in [-0.15, -0.1) is 0 Å². The number of nitro groups is 1. The number of hydrogen-bond acceptors (Lipinski definition) is 5. The summed E-state index contributed by atoms with van der Waals surface area (Å²) in [4.78, 5) is 14.3. The molecule has 6 heteroatoms. The molecule has 0 amide bonds. The molecule has 1 heterocycles. The first kappa shape index (κ1) is 14.0. The molecule has 6 nitrogen and oxygen atoms in total. The van der Waals surface area contributed by atoms with E-state index in [9.17, 15) is 10.1 Å². The van der Waals surface area contributed by atoms with E-state index in [4.69, 9.17) is 9.84 Å². The van der Waals surface area contributed by atoms with Gasteiger partial charge in [-0.05, 0) is 35.4 Å². The predicted octanol–water partition coefficient (Wildman–Crippen LogP) is 2.10. The van der Waals surface area contributed by atoms with Crippen LogP contribution in [0, 0.1) is 10.1 Å². The van der Waals surface area contributed by atoms with Gasteiger partial charge in [-0.3, -0.25) is 15.1 Å². The van der Waals surface area contributed by atoms with Crippen molar-refractivity contribution >= 4 is 5.69 Å². The number of aliphatic hydroxyl groups is 1. The largest absolute Gasteiger partial charge is 0.486 e. The second kappa shape index (κ2) is 6.63. The van der Waals surface area contributed by atoms with Gasteiger partial charge in [-0.25, -0.2) is 0 Å². The van der Waals surface area contributed by atoms with Crippen LogP contribution in [0.5, 0.6) is 5.75 Å². The molecule has 0 bridgehead atoms. The van der Waals surface area contributed by atoms with Gasteiger partial charge < -0.3 is 9.84 Å². The van der Waals surface area contributed by atoms with E-state index in [-0.39, 0.29) is 18.0 Å². The zero-order valence-electron chi connectivity index (χ0n) is 10.7. The smallest absolute Gasteiger partial charge is 0.310 e. The van der Waals surface area contributed by atoms with Gasteiger partial charge in [-0.1, -0.05) is 0 Å². The van der Waals surface area contributed by atoms with Crippen LogP contribution in [-0.4, -0.2) is 21.6 Å². The number of rotatable bonds is 6. The fourth-order valence-electron chi connectivity index (χ4n) is 1.75. The van der Waals surface area contributed by atoms with E-state index in [0.717, 1.165) is 5.56 Å². The zero-order valence-corrected chi connectivity index (χ0v) is 10.7. The standard InChI is InChI=1S/C14H14N2O4/c17-10-12-1-2-13(16(18)19)14(9-12)20-8-5-11-3-6-15-7-4-11/h1-4,6-7,9,17H,5,8,10H2. The SMILES string of the molecule is O=[N+]([O-])c1ccc(CO)cc1OCCc1ccncc1. The number of ether oxygens (including phenoxy) is 1. The third-order valence-electron chi connectivity index (χ3n) is 2.80. The van der Waals surface area contributed by atoms with Crippen LogP contribution in [-0.2, 0) is 13.0 Å². The number of pyridine rings is 1. The van der Waals surface area contributed by atoms with Crippen LogP contribution in [0.3, 0.4) is 0 Å². The number of nitro benzene ring substituents is 1. The Morgan fingerprint density at radius 2 is 1.95 bits per heavy atom. The first-order valence-electron chi connectivity index (χ1n) is 6.10. The maximum atomic E-state index is 10.9. The molecule has 20 heavy (non-hydrogen) atoms. The van der Waals surface area contributed by atoms with Crippen molar-refractivity contribution in [1.29, 1.82) is 0 Å². The Balaban J connectivity index is 2.06. The first-order valence-corrected chi connectivity index (χ1v) is 6.10. The molecule has 0 saturated carbocycles. The van der Waals surface area contributed by atoms with Crippen molar-refractivity contribution in [3.63, 3.8) is 0 Å². The molecule has 104 valence electrons. The molecule has 0 aliphatic carbocycles. The molecule has 1 aromatic carbocycles. The molecular weight excluding hydrogens is 260 g/mol. The Bertz CT molecular complexity index is 587. The average molecular weight is 274 g/mol. The van der Waals surface area contributed by atoms with E-state index < -0.39 is 4.92 Å². The van der Waals surface area contributed by atoms with E-state index in [2.05, 4.69) is 4.98 Å². The quantitative estimate of drug-likeness (QED) is 0.644. The fourth-order valence-corrected chi connectivity index (χ4v) is 1.75. The van der Waals surface area contributed by atoms with E-state index in [1.165, 1.54) is 18.2 Å². The van der Waals surface area contributed by atoms with Crippen LogP contribution >= 0.6 is 0 Å². The number of benzene rings is 1. The van der Waals surface area contributed by atoms with Gasteiger partial charge in [0.1, 0.15) is 0 Å². The molecule has 0 aliphatic rings. The lowest BCUT2D eigenvalue weighted by atomic mass is 10.2. The summed E-state index contributed by atoms with van der Waals surface area (Å²) in [5, 5.41) is 20.0. The monoisotopic (exact) mass is 274 g/mol. The van der Waals surface area contributed by atoms with Crippen LogP contribution in [0.2, 0.25) is 0 Å². The summed E-state index contributed by atoms with van der Waals surface area (Å²) in [5.74, 6) is 0.176. The maximum Gasteiger partial charge on any atom is 0.310 e. The van der Waals surface area contributed by atoms with Crippen molar-refractivity contribution in [2.75, 3.05) is 6.61 Å². The second-order valence-electron chi connectivity index (χ2n) is 4.17. The topological polar surface area (TPSA) is 85.5 Å². The molecule has 2 aromatic rings. The van der Waals surface area contributed by atoms with Crippen molar-refractivity contribution in [1.82, 2.24) is 4.98 Å². The minimum absolute atomic E-state index is 0.100. The van der Waals surface area contributed by atoms with E-state index in [1.54, 1.807) is 12.4 Å². The minimum Gasteiger partial charge on any atom is -0.486 e. The fraction of sp³-hybridized carbons (Fsp3) is 0.214. The molecule has 0 fully saturated rings. The highest BCUT2D eigenvalue weighted by Crippen LogP contribution is 2.28. The Morgan fingerprint density at radius 1 is 1.20 bits per heavy atom. The third-order valence-corrected chi connectivity index (χ3v) is 2.80. The lowest BCUT2D eigenvalue weighted by Gasteiger charge is -2.08. The summed E-state index contributed by atoms with van der Waals surface area (Å²) in [6.45, 7) is 0.137. The van der Waals surface area contributed by atoms with Gasteiger partial charge in [-0.2, -0.15) is 0 Å². The molecule has 2 rings (SSSR count). The van der Waals surface area contributed by atoms with Crippen LogP contribution in [0.15, 0.2) is 42.7 Å². The third kappa shape index (κ3) is 3.52. The number of hydrogen-bond donors (Lipinski definition) is 1. The summed E-state index contributed by atoms with van der Waals surface area (Å²) in [5.41, 5.74) is 1.52. The Morgan fingerprint density at radius 3 is 2.60 bits per heavy atom. The van der Waals surface area contributed by atoms with Crippen molar-refractivity contribution in [3.05, 3.63) is 64.0 Å². The van der Waals surface area contributed by atoms with Gasteiger partial charge in [0.05, 0.1) is 18.1 Å². The van der Waals surface area contributed by atoms with Gasteiger partial charge in [0.25, 0.3) is 0 Å². The number of nitrogens with zero attached hydrogens (tertiary/aromatic N) is 2. The molecule has 0 unspecified atom stereocenters. The lowest BCUT2D eigenvalue weighted by molar-refractivity contribution is -0.385. The summed E-state index contributed by atoms with van der Waals surface area (Å²) in [6, 6.07) is 8.07. The molecular formula is C14H14N2O4. The molecule has 1 aromatic heterocycles. The molecule has 0 spiro atoms. The number of aliphatic hydroxyl groups excluding tert-OH is 1. The van der Waals surface area contributed by atoms with Gasteiger partial charge >= 0.3 is 5.69 Å². The summed E-state index contributed by atoms with van der Waals surface area (Å²) in [7, 11) is 0. The van der Waals surface area contributed by atoms with Crippen molar-refractivity contribution in [2.45, 2.75) is 13.0 Å². The first-order chi connectivity index (χ1) is 9.70. The zero-order chi connectivity index (χ0) is 14.4. The van der Waals surface area contributed by atoms with Crippen LogP contribution in [0.25, 0.3) is 0 Å². The molecule has 0 radical (unpaired) electrons. The van der Waals surface area contributed by atoms with Gasteiger partial charge in [0, 0.05) is 24.9 Å². The molecule has 0 atom stereocenters. The second-order valence-corrected chi connectivity index (χ2v) is 4.17. The minimum atomic E-state index is -0.497. The molecule has 0 aliphatic heterocycles. The predicted molar refractivity (Wildman–Crippen MR) is 72.5 cm³/mol. The average Bonchev–Trinajstić information content (AvgIpc) is 2.48. The number of aromatic nitrogens is 1.